The van der Waals surface area contributed by atoms with Crippen molar-refractivity contribution in [3.8, 4) is 0 Å². The zero-order valence-electron chi connectivity index (χ0n) is 9.86. The average molecular weight is 308 g/mol. The van der Waals surface area contributed by atoms with Gasteiger partial charge in [-0.25, -0.2) is 0 Å². The summed E-state index contributed by atoms with van der Waals surface area (Å²) >= 11 is 5.37. The van der Waals surface area contributed by atoms with Crippen LogP contribution in [0.5, 0.6) is 0 Å². The van der Waals surface area contributed by atoms with Crippen LogP contribution in [0.1, 0.15) is 11.7 Å². The van der Waals surface area contributed by atoms with Crippen molar-refractivity contribution >= 4 is 27.7 Å². The molecule has 1 rings (SSSR count). The Balaban J connectivity index is 2.85. The van der Waals surface area contributed by atoms with Crippen molar-refractivity contribution in [3.05, 3.63) is 16.4 Å². The standard InChI is InChI=1S/C10H18BrN3OS/c1-12-9(7-16-3)10-8(11)6-13-14(10)4-5-15-2/h6,9,12H,4-5,7H2,1-3H3. The molecule has 0 bridgehead atoms. The highest BCUT2D eigenvalue weighted by Crippen LogP contribution is 2.25. The van der Waals surface area contributed by atoms with E-state index in [-0.39, 0.29) is 0 Å². The first-order chi connectivity index (χ1) is 7.74. The molecule has 0 fully saturated rings. The number of halogens is 1. The number of nitrogens with zero attached hydrogens (tertiary/aromatic N) is 2. The van der Waals surface area contributed by atoms with E-state index in [2.05, 4.69) is 32.6 Å². The summed E-state index contributed by atoms with van der Waals surface area (Å²) in [5.74, 6) is 1.02. The molecule has 1 atom stereocenters. The van der Waals surface area contributed by atoms with Crippen molar-refractivity contribution in [1.29, 1.82) is 0 Å². The Bertz CT molecular complexity index is 319. The third-order valence-corrected chi connectivity index (χ3v) is 3.63. The first-order valence-electron chi connectivity index (χ1n) is 5.11. The molecule has 4 nitrogen and oxygen atoms in total. The lowest BCUT2D eigenvalue weighted by atomic mass is 10.2. The van der Waals surface area contributed by atoms with Crippen LogP contribution in [-0.2, 0) is 11.3 Å². The van der Waals surface area contributed by atoms with Crippen LogP contribution in [0.3, 0.4) is 0 Å². The minimum absolute atomic E-state index is 0.309. The molecule has 16 heavy (non-hydrogen) atoms. The number of hydrogen-bond donors (Lipinski definition) is 1. The number of rotatable bonds is 7. The summed E-state index contributed by atoms with van der Waals surface area (Å²) in [4.78, 5) is 0. The van der Waals surface area contributed by atoms with Crippen LogP contribution in [0.2, 0.25) is 0 Å². The number of thioether (sulfide) groups is 1. The molecule has 0 aromatic carbocycles. The van der Waals surface area contributed by atoms with Crippen molar-refractivity contribution in [2.75, 3.05) is 32.8 Å². The van der Waals surface area contributed by atoms with Crippen molar-refractivity contribution in [2.24, 2.45) is 0 Å². The topological polar surface area (TPSA) is 39.1 Å². The fourth-order valence-corrected chi connectivity index (χ4v) is 2.77. The molecule has 0 aliphatic rings. The van der Waals surface area contributed by atoms with Gasteiger partial charge in [-0.1, -0.05) is 0 Å². The molecule has 0 amide bonds. The van der Waals surface area contributed by atoms with Gasteiger partial charge in [0.2, 0.25) is 0 Å². The van der Waals surface area contributed by atoms with Crippen LogP contribution in [-0.4, -0.2) is 42.6 Å². The van der Waals surface area contributed by atoms with Crippen molar-refractivity contribution in [1.82, 2.24) is 15.1 Å². The summed E-state index contributed by atoms with van der Waals surface area (Å²) in [6, 6.07) is 0.309. The predicted octanol–water partition coefficient (Wildman–Crippen LogP) is 1.92. The van der Waals surface area contributed by atoms with Crippen LogP contribution >= 0.6 is 27.7 Å². The van der Waals surface area contributed by atoms with E-state index in [1.807, 2.05) is 29.7 Å². The summed E-state index contributed by atoms with van der Waals surface area (Å²) in [6.45, 7) is 1.46. The molecule has 1 aromatic heterocycles. The van der Waals surface area contributed by atoms with Gasteiger partial charge in [-0.2, -0.15) is 16.9 Å². The first kappa shape index (κ1) is 14.0. The summed E-state index contributed by atoms with van der Waals surface area (Å²) in [6.07, 6.45) is 3.95. The molecule has 1 heterocycles. The zero-order chi connectivity index (χ0) is 12.0. The number of aromatic nitrogens is 2. The molecule has 0 aliphatic heterocycles. The molecule has 0 spiro atoms. The van der Waals surface area contributed by atoms with Gasteiger partial charge in [-0.05, 0) is 29.2 Å². The third kappa shape index (κ3) is 3.48. The van der Waals surface area contributed by atoms with Gasteiger partial charge >= 0.3 is 0 Å². The SMILES string of the molecule is CNC(CSC)c1c(Br)cnn1CCOC. The Morgan fingerprint density at radius 1 is 1.69 bits per heavy atom. The Hall–Kier alpha value is -0.0400. The van der Waals surface area contributed by atoms with Crippen LogP contribution < -0.4 is 5.32 Å². The summed E-state index contributed by atoms with van der Waals surface area (Å²) in [7, 11) is 3.68. The van der Waals surface area contributed by atoms with Gasteiger partial charge in [-0.3, -0.25) is 4.68 Å². The lowest BCUT2D eigenvalue weighted by Gasteiger charge is -2.17. The summed E-state index contributed by atoms with van der Waals surface area (Å²) < 4.78 is 8.13. The van der Waals surface area contributed by atoms with E-state index in [1.165, 1.54) is 5.69 Å². The maximum Gasteiger partial charge on any atom is 0.0705 e. The summed E-state index contributed by atoms with van der Waals surface area (Å²) in [5, 5.41) is 7.66. The zero-order valence-corrected chi connectivity index (χ0v) is 12.3. The second-order valence-corrected chi connectivity index (χ2v) is 5.16. The Morgan fingerprint density at radius 2 is 2.44 bits per heavy atom. The molecule has 1 unspecified atom stereocenters. The van der Waals surface area contributed by atoms with E-state index >= 15 is 0 Å². The van der Waals surface area contributed by atoms with Crippen molar-refractivity contribution < 1.29 is 4.74 Å². The van der Waals surface area contributed by atoms with E-state index in [9.17, 15) is 0 Å². The maximum absolute atomic E-state index is 5.08. The van der Waals surface area contributed by atoms with Gasteiger partial charge in [0.15, 0.2) is 0 Å². The Kier molecular flexibility index (Phi) is 6.41. The highest BCUT2D eigenvalue weighted by Gasteiger charge is 2.17. The fraction of sp³-hybridized carbons (Fsp3) is 0.700. The van der Waals surface area contributed by atoms with E-state index in [0.29, 0.717) is 12.6 Å². The first-order valence-corrected chi connectivity index (χ1v) is 7.29. The minimum Gasteiger partial charge on any atom is -0.383 e. The predicted molar refractivity (Wildman–Crippen MR) is 72.0 cm³/mol. The van der Waals surface area contributed by atoms with Crippen LogP contribution in [0.4, 0.5) is 0 Å². The smallest absolute Gasteiger partial charge is 0.0705 e. The Labute approximate surface area is 109 Å². The van der Waals surface area contributed by atoms with E-state index in [0.717, 1.165) is 16.8 Å². The van der Waals surface area contributed by atoms with Crippen LogP contribution in [0.15, 0.2) is 10.7 Å². The van der Waals surface area contributed by atoms with Crippen LogP contribution in [0.25, 0.3) is 0 Å². The second-order valence-electron chi connectivity index (χ2n) is 3.39. The third-order valence-electron chi connectivity index (χ3n) is 2.35. The molecule has 0 saturated heterocycles. The molecule has 92 valence electrons. The lowest BCUT2D eigenvalue weighted by Crippen LogP contribution is -2.23. The molecular formula is C10H18BrN3OS. The number of methoxy groups -OCH3 is 1. The van der Waals surface area contributed by atoms with E-state index in [4.69, 9.17) is 4.74 Å². The molecule has 1 N–H and O–H groups in total. The van der Waals surface area contributed by atoms with E-state index in [1.54, 1.807) is 7.11 Å². The van der Waals surface area contributed by atoms with E-state index < -0.39 is 0 Å². The normalized spacial score (nSPS) is 13.0. The maximum atomic E-state index is 5.08. The van der Waals surface area contributed by atoms with Gasteiger partial charge in [0.25, 0.3) is 0 Å². The molecular weight excluding hydrogens is 290 g/mol. The fourth-order valence-electron chi connectivity index (χ4n) is 1.54. The van der Waals surface area contributed by atoms with Crippen molar-refractivity contribution in [2.45, 2.75) is 12.6 Å². The highest BCUT2D eigenvalue weighted by molar-refractivity contribution is 9.10. The van der Waals surface area contributed by atoms with Gasteiger partial charge < -0.3 is 10.1 Å². The molecule has 0 aliphatic carbocycles. The molecule has 0 saturated carbocycles. The second kappa shape index (κ2) is 7.32. The molecule has 6 heteroatoms. The number of hydrogen-bond acceptors (Lipinski definition) is 4. The van der Waals surface area contributed by atoms with Gasteiger partial charge in [0.1, 0.15) is 0 Å². The number of ether oxygens (including phenoxy) is 1. The monoisotopic (exact) mass is 307 g/mol. The van der Waals surface area contributed by atoms with Gasteiger partial charge in [0, 0.05) is 12.9 Å². The molecule has 0 radical (unpaired) electrons. The summed E-state index contributed by atoms with van der Waals surface area (Å²) in [5.41, 5.74) is 1.19. The van der Waals surface area contributed by atoms with Crippen LogP contribution in [0, 0.1) is 0 Å². The lowest BCUT2D eigenvalue weighted by molar-refractivity contribution is 0.182. The minimum atomic E-state index is 0.309. The van der Waals surface area contributed by atoms with Gasteiger partial charge in [-0.15, -0.1) is 0 Å². The Morgan fingerprint density at radius 3 is 3.00 bits per heavy atom. The van der Waals surface area contributed by atoms with Gasteiger partial charge in [0.05, 0.1) is 35.6 Å². The molecule has 1 aromatic rings. The largest absolute Gasteiger partial charge is 0.383 e. The number of nitrogens with one attached hydrogen (secondary N) is 1. The quantitative estimate of drug-likeness (QED) is 0.835. The highest BCUT2D eigenvalue weighted by atomic mass is 79.9. The van der Waals surface area contributed by atoms with Crippen molar-refractivity contribution in [3.63, 3.8) is 0 Å². The average Bonchev–Trinajstić information content (AvgIpc) is 2.65.